The van der Waals surface area contributed by atoms with Gasteiger partial charge in [-0.1, -0.05) is 56.9 Å². The van der Waals surface area contributed by atoms with E-state index in [0.29, 0.717) is 6.61 Å². The van der Waals surface area contributed by atoms with Crippen molar-refractivity contribution in [3.8, 4) is 0 Å². The van der Waals surface area contributed by atoms with Crippen LogP contribution in [0.5, 0.6) is 0 Å². The zero-order valence-electron chi connectivity index (χ0n) is 17.2. The van der Waals surface area contributed by atoms with E-state index in [1.807, 2.05) is 0 Å². The Kier molecular flexibility index (Phi) is 11.1. The number of carbonyl (C=O) groups is 4. The Morgan fingerprint density at radius 2 is 1.03 bits per heavy atom. The van der Waals surface area contributed by atoms with Gasteiger partial charge in [-0.3, -0.25) is 0 Å². The van der Waals surface area contributed by atoms with Gasteiger partial charge in [0.05, 0.1) is 28.9 Å². The number of ether oxygens (including phenoxy) is 1. The highest BCUT2D eigenvalue weighted by molar-refractivity contribution is 6.02. The molecule has 0 aliphatic heterocycles. The third kappa shape index (κ3) is 8.69. The summed E-state index contributed by atoms with van der Waals surface area (Å²) in [5.41, 5.74) is -0.281. The van der Waals surface area contributed by atoms with Gasteiger partial charge in [-0.15, -0.1) is 0 Å². The maximum absolute atomic E-state index is 11.8. The van der Waals surface area contributed by atoms with Gasteiger partial charge in [-0.25, -0.2) is 19.2 Å². The lowest BCUT2D eigenvalue weighted by Gasteiger charge is -2.07. The molecule has 0 aromatic heterocycles. The Balaban J connectivity index is 0.000000343. The summed E-state index contributed by atoms with van der Waals surface area (Å²) in [5, 5.41) is 26.1. The van der Waals surface area contributed by atoms with Crippen LogP contribution in [0, 0.1) is 0 Å². The van der Waals surface area contributed by atoms with Crippen LogP contribution in [0.4, 0.5) is 0 Å². The fourth-order valence-corrected chi connectivity index (χ4v) is 2.65. The van der Waals surface area contributed by atoms with E-state index in [9.17, 15) is 19.2 Å². The zero-order valence-corrected chi connectivity index (χ0v) is 17.2. The quantitative estimate of drug-likeness (QED) is 0.367. The Morgan fingerprint density at radius 1 is 0.645 bits per heavy atom. The molecule has 3 N–H and O–H groups in total. The highest BCUT2D eigenvalue weighted by Gasteiger charge is 2.16. The largest absolute Gasteiger partial charge is 0.478 e. The van der Waals surface area contributed by atoms with Crippen molar-refractivity contribution in [3.05, 3.63) is 70.8 Å². The molecule has 0 saturated carbocycles. The minimum atomic E-state index is -1.23. The van der Waals surface area contributed by atoms with Crippen LogP contribution in [0.2, 0.25) is 0 Å². The average Bonchev–Trinajstić information content (AvgIpc) is 2.76. The van der Waals surface area contributed by atoms with Crippen molar-refractivity contribution in [2.45, 2.75) is 39.0 Å². The summed E-state index contributed by atoms with van der Waals surface area (Å²) in [5.74, 6) is -4.13. The Morgan fingerprint density at radius 3 is 1.45 bits per heavy atom. The smallest absolute Gasteiger partial charge is 0.339 e. The van der Waals surface area contributed by atoms with Gasteiger partial charge in [0.15, 0.2) is 0 Å². The van der Waals surface area contributed by atoms with Crippen molar-refractivity contribution < 1.29 is 39.2 Å². The van der Waals surface area contributed by atoms with E-state index in [0.717, 1.165) is 19.3 Å². The normalized spacial score (nSPS) is 9.84. The SMILES string of the molecule is CCCCCCCOC(=O)c1ccccc1C(=O)O.O=C(O)c1ccccc1C(=O)O. The molecule has 0 unspecified atom stereocenters. The second-order valence-electron chi connectivity index (χ2n) is 6.56. The minimum absolute atomic E-state index is 0.0153. The Bertz CT molecular complexity index is 871. The monoisotopic (exact) mass is 430 g/mol. The number of rotatable bonds is 10. The Labute approximate surface area is 180 Å². The standard InChI is InChI=1S/C15H20O4.C8H6O4/c1-2-3-4-5-8-11-19-15(18)13-10-7-6-9-12(13)14(16)17;9-7(10)5-3-1-2-4-6(5)8(11)12/h6-7,9-10H,2-5,8,11H2,1H3,(H,16,17);1-4H,(H,9,10)(H,11,12). The molecule has 0 heterocycles. The molecule has 0 aliphatic carbocycles. The van der Waals surface area contributed by atoms with Crippen molar-refractivity contribution >= 4 is 23.9 Å². The van der Waals surface area contributed by atoms with Crippen molar-refractivity contribution in [1.29, 1.82) is 0 Å². The maximum Gasteiger partial charge on any atom is 0.339 e. The number of unbranched alkanes of at least 4 members (excludes halogenated alkanes) is 4. The summed E-state index contributed by atoms with van der Waals surface area (Å²) in [6, 6.07) is 11.6. The van der Waals surface area contributed by atoms with E-state index < -0.39 is 23.9 Å². The lowest BCUT2D eigenvalue weighted by Crippen LogP contribution is -2.12. The topological polar surface area (TPSA) is 138 Å². The van der Waals surface area contributed by atoms with Crippen molar-refractivity contribution in [2.24, 2.45) is 0 Å². The number of hydrogen-bond acceptors (Lipinski definition) is 5. The van der Waals surface area contributed by atoms with Gasteiger partial charge in [0, 0.05) is 0 Å². The molecule has 0 amide bonds. The van der Waals surface area contributed by atoms with Crippen LogP contribution in [-0.4, -0.2) is 45.8 Å². The van der Waals surface area contributed by atoms with Crippen LogP contribution in [-0.2, 0) is 4.74 Å². The van der Waals surface area contributed by atoms with Crippen LogP contribution in [0.1, 0.15) is 80.5 Å². The average molecular weight is 430 g/mol. The Hall–Kier alpha value is -3.68. The van der Waals surface area contributed by atoms with Gasteiger partial charge >= 0.3 is 23.9 Å². The van der Waals surface area contributed by atoms with Crippen molar-refractivity contribution in [3.63, 3.8) is 0 Å². The van der Waals surface area contributed by atoms with E-state index in [1.165, 1.54) is 49.2 Å². The summed E-state index contributed by atoms with van der Waals surface area (Å²) >= 11 is 0. The first-order chi connectivity index (χ1) is 14.8. The lowest BCUT2D eigenvalue weighted by molar-refractivity contribution is 0.0487. The van der Waals surface area contributed by atoms with Gasteiger partial charge in [-0.2, -0.15) is 0 Å². The zero-order chi connectivity index (χ0) is 23.2. The lowest BCUT2D eigenvalue weighted by atomic mass is 10.1. The first-order valence-electron chi connectivity index (χ1n) is 9.84. The molecule has 2 aromatic carbocycles. The van der Waals surface area contributed by atoms with Gasteiger partial charge in [0.1, 0.15) is 0 Å². The second-order valence-corrected chi connectivity index (χ2v) is 6.56. The van der Waals surface area contributed by atoms with E-state index >= 15 is 0 Å². The van der Waals surface area contributed by atoms with Crippen molar-refractivity contribution in [1.82, 2.24) is 0 Å². The number of esters is 1. The number of aromatic carboxylic acids is 3. The van der Waals surface area contributed by atoms with Gasteiger partial charge < -0.3 is 20.1 Å². The summed E-state index contributed by atoms with van der Waals surface area (Å²) in [7, 11) is 0. The van der Waals surface area contributed by atoms with Gasteiger partial charge in [0.2, 0.25) is 0 Å². The molecule has 166 valence electrons. The summed E-state index contributed by atoms with van der Waals surface area (Å²) in [6.07, 6.45) is 5.35. The molecule has 0 atom stereocenters. The highest BCUT2D eigenvalue weighted by atomic mass is 16.5. The molecule has 0 bridgehead atoms. The minimum Gasteiger partial charge on any atom is -0.478 e. The predicted octanol–water partition coefficient (Wildman–Crippen LogP) is 4.60. The van der Waals surface area contributed by atoms with Crippen LogP contribution in [0.3, 0.4) is 0 Å². The third-order valence-electron chi connectivity index (χ3n) is 4.25. The number of hydrogen-bond donors (Lipinski definition) is 3. The van der Waals surface area contributed by atoms with Crippen LogP contribution in [0.15, 0.2) is 48.5 Å². The number of benzene rings is 2. The highest BCUT2D eigenvalue weighted by Crippen LogP contribution is 2.11. The fraction of sp³-hybridized carbons (Fsp3) is 0.304. The van der Waals surface area contributed by atoms with Crippen molar-refractivity contribution in [2.75, 3.05) is 6.61 Å². The molecular weight excluding hydrogens is 404 g/mol. The molecule has 0 radical (unpaired) electrons. The fourth-order valence-electron chi connectivity index (χ4n) is 2.65. The van der Waals surface area contributed by atoms with Crippen LogP contribution < -0.4 is 0 Å². The number of carboxylic acids is 3. The molecule has 2 aromatic rings. The van der Waals surface area contributed by atoms with E-state index in [-0.39, 0.29) is 22.3 Å². The molecule has 2 rings (SSSR count). The molecule has 8 nitrogen and oxygen atoms in total. The maximum atomic E-state index is 11.8. The van der Waals surface area contributed by atoms with Gasteiger partial charge in [0.25, 0.3) is 0 Å². The predicted molar refractivity (Wildman–Crippen MR) is 113 cm³/mol. The van der Waals surface area contributed by atoms with E-state index in [1.54, 1.807) is 12.1 Å². The first-order valence-corrected chi connectivity index (χ1v) is 9.84. The summed E-state index contributed by atoms with van der Waals surface area (Å²) in [4.78, 5) is 43.7. The van der Waals surface area contributed by atoms with Crippen LogP contribution >= 0.6 is 0 Å². The molecule has 0 aliphatic rings. The molecule has 8 heteroatoms. The molecule has 0 spiro atoms. The summed E-state index contributed by atoms with van der Waals surface area (Å²) in [6.45, 7) is 2.49. The first kappa shape index (κ1) is 25.4. The van der Waals surface area contributed by atoms with E-state index in [2.05, 4.69) is 6.92 Å². The second kappa shape index (κ2) is 13.5. The number of carbonyl (C=O) groups excluding carboxylic acids is 1. The summed E-state index contributed by atoms with van der Waals surface area (Å²) < 4.78 is 5.10. The van der Waals surface area contributed by atoms with Crippen LogP contribution in [0.25, 0.3) is 0 Å². The molecular formula is C23H26O8. The number of carboxylic acid groups (broad SMARTS) is 3. The third-order valence-corrected chi connectivity index (χ3v) is 4.25. The van der Waals surface area contributed by atoms with E-state index in [4.69, 9.17) is 20.1 Å². The van der Waals surface area contributed by atoms with Gasteiger partial charge in [-0.05, 0) is 30.7 Å². The molecule has 31 heavy (non-hydrogen) atoms. The molecule has 0 saturated heterocycles. The molecule has 0 fully saturated rings.